The highest BCUT2D eigenvalue weighted by Crippen LogP contribution is 2.43. The normalized spacial score (nSPS) is 12.0. The molecule has 55 heavy (non-hydrogen) atoms. The van der Waals surface area contributed by atoms with Gasteiger partial charge < -0.3 is 9.13 Å². The van der Waals surface area contributed by atoms with Gasteiger partial charge in [0.15, 0.2) is 5.82 Å². The lowest BCUT2D eigenvalue weighted by Crippen LogP contribution is -2.02. The number of benzene rings is 8. The van der Waals surface area contributed by atoms with Crippen molar-refractivity contribution < 1.29 is 0 Å². The first-order valence-electron chi connectivity index (χ1n) is 18.7. The van der Waals surface area contributed by atoms with E-state index in [4.69, 9.17) is 9.97 Å². The molecule has 4 heterocycles. The zero-order valence-corrected chi connectivity index (χ0v) is 29.6. The van der Waals surface area contributed by atoms with Gasteiger partial charge in [-0.3, -0.25) is 9.55 Å². The number of pyridine rings is 1. The molecule has 0 aliphatic rings. The second kappa shape index (κ2) is 11.5. The summed E-state index contributed by atoms with van der Waals surface area (Å²) < 4.78 is 7.22. The van der Waals surface area contributed by atoms with Gasteiger partial charge in [-0.05, 0) is 65.4 Å². The van der Waals surface area contributed by atoms with Gasteiger partial charge >= 0.3 is 0 Å². The molecule has 0 radical (unpaired) electrons. The van der Waals surface area contributed by atoms with Gasteiger partial charge in [-0.25, -0.2) is 4.98 Å². The Balaban J connectivity index is 1.22. The second-order valence-electron chi connectivity index (χ2n) is 14.2. The summed E-state index contributed by atoms with van der Waals surface area (Å²) in [5.41, 5.74) is 10.8. The molecule has 0 fully saturated rings. The van der Waals surface area contributed by atoms with Crippen LogP contribution >= 0.6 is 0 Å². The molecule has 0 unspecified atom stereocenters. The number of hydrogen-bond donors (Lipinski definition) is 0. The summed E-state index contributed by atoms with van der Waals surface area (Å²) in [4.78, 5) is 10.3. The average Bonchev–Trinajstić information content (AvgIpc) is 3.93. The second-order valence-corrected chi connectivity index (χ2v) is 14.2. The zero-order chi connectivity index (χ0) is 36.0. The molecule has 5 heteroatoms. The molecule has 0 aliphatic carbocycles. The number of hydrogen-bond acceptors (Lipinski definition) is 2. The number of nitrogens with zero attached hydrogens (tertiary/aromatic N) is 5. The summed E-state index contributed by atoms with van der Waals surface area (Å²) in [7, 11) is 0. The zero-order valence-electron chi connectivity index (χ0n) is 29.6. The SMILES string of the molecule is c1ccc(-n2c3ccccc3c3ccc4c5ccccc5n(-c5cccc(-n6c(-c7ccccn7)nc7c8ccccc8c8ccccc8c76)c5)c4c32)cc1. The fourth-order valence-corrected chi connectivity index (χ4v) is 9.01. The Hall–Kier alpha value is -7.50. The van der Waals surface area contributed by atoms with Crippen LogP contribution in [0.4, 0.5) is 0 Å². The summed E-state index contributed by atoms with van der Waals surface area (Å²) >= 11 is 0. The molecule has 0 saturated carbocycles. The molecular formula is C50H31N5. The van der Waals surface area contributed by atoms with E-state index >= 15 is 0 Å². The van der Waals surface area contributed by atoms with Crippen LogP contribution in [0, 0.1) is 0 Å². The Bertz CT molecular complexity index is 3480. The monoisotopic (exact) mass is 701 g/mol. The van der Waals surface area contributed by atoms with E-state index in [1.807, 2.05) is 18.3 Å². The van der Waals surface area contributed by atoms with Gasteiger partial charge in [0.25, 0.3) is 0 Å². The van der Waals surface area contributed by atoms with Crippen LogP contribution in [-0.2, 0) is 0 Å². The molecule has 8 aromatic carbocycles. The maximum atomic E-state index is 5.43. The van der Waals surface area contributed by atoms with Gasteiger partial charge in [0.05, 0.1) is 33.1 Å². The molecule has 0 atom stereocenters. The minimum atomic E-state index is 0.808. The number of para-hydroxylation sites is 3. The fraction of sp³-hybridized carbons (Fsp3) is 0. The summed E-state index contributed by atoms with van der Waals surface area (Å²) in [6, 6.07) is 65.2. The number of aromatic nitrogens is 5. The van der Waals surface area contributed by atoms with Crippen LogP contribution < -0.4 is 0 Å². The highest BCUT2D eigenvalue weighted by Gasteiger charge is 2.23. The molecule has 0 aliphatic heterocycles. The van der Waals surface area contributed by atoms with Crippen molar-refractivity contribution in [1.29, 1.82) is 0 Å². The highest BCUT2D eigenvalue weighted by molar-refractivity contribution is 6.25. The van der Waals surface area contributed by atoms with Crippen LogP contribution in [0.3, 0.4) is 0 Å². The Morgan fingerprint density at radius 1 is 0.327 bits per heavy atom. The molecular weight excluding hydrogens is 671 g/mol. The van der Waals surface area contributed by atoms with E-state index < -0.39 is 0 Å². The predicted octanol–water partition coefficient (Wildman–Crippen LogP) is 12.6. The first-order valence-corrected chi connectivity index (χ1v) is 18.7. The summed E-state index contributed by atoms with van der Waals surface area (Å²) in [6.07, 6.45) is 1.85. The third-order valence-electron chi connectivity index (χ3n) is 11.3. The van der Waals surface area contributed by atoms with Gasteiger partial charge in [-0.15, -0.1) is 0 Å². The first kappa shape index (κ1) is 30.0. The third-order valence-corrected chi connectivity index (χ3v) is 11.3. The van der Waals surface area contributed by atoms with Gasteiger partial charge in [0, 0.05) is 55.6 Å². The molecule has 256 valence electrons. The van der Waals surface area contributed by atoms with Crippen molar-refractivity contribution in [1.82, 2.24) is 23.7 Å². The van der Waals surface area contributed by atoms with Crippen molar-refractivity contribution in [3.8, 4) is 28.6 Å². The maximum Gasteiger partial charge on any atom is 0.164 e. The van der Waals surface area contributed by atoms with Crippen LogP contribution in [0.25, 0.3) is 105 Å². The van der Waals surface area contributed by atoms with Crippen molar-refractivity contribution >= 4 is 76.2 Å². The van der Waals surface area contributed by atoms with Gasteiger partial charge in [-0.2, -0.15) is 0 Å². The molecule has 0 spiro atoms. The minimum Gasteiger partial charge on any atom is -0.307 e. The summed E-state index contributed by atoms with van der Waals surface area (Å²) in [5.74, 6) is 0.808. The third kappa shape index (κ3) is 4.23. The smallest absolute Gasteiger partial charge is 0.164 e. The number of rotatable bonds is 4. The molecule has 5 nitrogen and oxygen atoms in total. The fourth-order valence-electron chi connectivity index (χ4n) is 9.01. The Labute approximate surface area is 315 Å². The van der Waals surface area contributed by atoms with Crippen LogP contribution in [0.15, 0.2) is 188 Å². The molecule has 0 bridgehead atoms. The van der Waals surface area contributed by atoms with Crippen LogP contribution in [0.2, 0.25) is 0 Å². The van der Waals surface area contributed by atoms with Crippen LogP contribution in [0.1, 0.15) is 0 Å². The van der Waals surface area contributed by atoms with E-state index in [9.17, 15) is 0 Å². The quantitative estimate of drug-likeness (QED) is 0.171. The summed E-state index contributed by atoms with van der Waals surface area (Å²) in [5, 5.41) is 9.57. The number of imidazole rings is 1. The first-order chi connectivity index (χ1) is 27.3. The van der Waals surface area contributed by atoms with Gasteiger partial charge in [0.2, 0.25) is 0 Å². The topological polar surface area (TPSA) is 40.6 Å². The number of fused-ring (bicyclic) bond motifs is 13. The lowest BCUT2D eigenvalue weighted by molar-refractivity contribution is 1.07. The van der Waals surface area contributed by atoms with E-state index in [2.05, 4.69) is 184 Å². The minimum absolute atomic E-state index is 0.808. The van der Waals surface area contributed by atoms with Crippen LogP contribution in [-0.4, -0.2) is 23.7 Å². The molecule has 0 amide bonds. The average molecular weight is 702 g/mol. The maximum absolute atomic E-state index is 5.43. The molecule has 0 saturated heterocycles. The van der Waals surface area contributed by atoms with Gasteiger partial charge in [0.1, 0.15) is 5.69 Å². The van der Waals surface area contributed by atoms with Crippen molar-refractivity contribution in [3.05, 3.63) is 188 Å². The van der Waals surface area contributed by atoms with Crippen molar-refractivity contribution in [2.75, 3.05) is 0 Å². The van der Waals surface area contributed by atoms with Crippen LogP contribution in [0.5, 0.6) is 0 Å². The Morgan fingerprint density at radius 2 is 0.818 bits per heavy atom. The molecule has 0 N–H and O–H groups in total. The molecule has 12 rings (SSSR count). The largest absolute Gasteiger partial charge is 0.307 e. The lowest BCUT2D eigenvalue weighted by atomic mass is 10.00. The molecule has 12 aromatic rings. The predicted molar refractivity (Wildman–Crippen MR) is 228 cm³/mol. The van der Waals surface area contributed by atoms with E-state index in [1.54, 1.807) is 0 Å². The Kier molecular flexibility index (Phi) is 6.27. The van der Waals surface area contributed by atoms with Gasteiger partial charge in [-0.1, -0.05) is 127 Å². The van der Waals surface area contributed by atoms with Crippen molar-refractivity contribution in [2.45, 2.75) is 0 Å². The lowest BCUT2D eigenvalue weighted by Gasteiger charge is -2.15. The van der Waals surface area contributed by atoms with Crippen molar-refractivity contribution in [3.63, 3.8) is 0 Å². The van der Waals surface area contributed by atoms with E-state index in [0.29, 0.717) is 0 Å². The summed E-state index contributed by atoms with van der Waals surface area (Å²) in [6.45, 7) is 0. The highest BCUT2D eigenvalue weighted by atomic mass is 15.1. The Morgan fingerprint density at radius 3 is 1.47 bits per heavy atom. The van der Waals surface area contributed by atoms with E-state index in [1.165, 1.54) is 48.9 Å². The van der Waals surface area contributed by atoms with Crippen molar-refractivity contribution in [2.24, 2.45) is 0 Å². The van der Waals surface area contributed by atoms with E-state index in [0.717, 1.165) is 55.9 Å². The standard InChI is InChI=1S/C50H31N5/c1-2-15-32(16-3-1)53-44-26-10-8-21-37(44)41-28-29-42-38-22-9-11-27-45(38)54(49(42)48(41)53)33-17-14-18-34(31-33)55-47-40-24-7-5-20-36(40)35-19-4-6-23-39(35)46(47)52-50(55)43-25-12-13-30-51-43/h1-31H. The molecule has 4 aromatic heterocycles. The van der Waals surface area contributed by atoms with E-state index in [-0.39, 0.29) is 0 Å².